The molecule has 182 valence electrons. The zero-order valence-electron chi connectivity index (χ0n) is 18.2. The number of hydrogen-bond donors (Lipinski definition) is 1. The Morgan fingerprint density at radius 2 is 1.97 bits per heavy atom. The molecule has 1 N–H and O–H groups in total. The van der Waals surface area contributed by atoms with Gasteiger partial charge >= 0.3 is 6.18 Å². The van der Waals surface area contributed by atoms with Crippen LogP contribution in [0.25, 0.3) is 16.9 Å². The number of amides is 2. The minimum absolute atomic E-state index is 0.0234. The maximum Gasteiger partial charge on any atom is 0.408 e. The SMILES string of the molecule is O=C(NC(C1CC1)C(F)(F)F)c1cn(-c2ncccc2Cl)c2nc(N3CCCC3=O)ccc2c1=O. The van der Waals surface area contributed by atoms with E-state index in [1.165, 1.54) is 33.9 Å². The van der Waals surface area contributed by atoms with Crippen molar-refractivity contribution in [1.29, 1.82) is 0 Å². The van der Waals surface area contributed by atoms with Gasteiger partial charge in [-0.3, -0.25) is 23.9 Å². The predicted molar refractivity (Wildman–Crippen MR) is 122 cm³/mol. The topological polar surface area (TPSA) is 97.2 Å². The van der Waals surface area contributed by atoms with Gasteiger partial charge in [0.25, 0.3) is 5.91 Å². The highest BCUT2D eigenvalue weighted by atomic mass is 35.5. The molecule has 8 nitrogen and oxygen atoms in total. The van der Waals surface area contributed by atoms with E-state index in [0.29, 0.717) is 38.0 Å². The van der Waals surface area contributed by atoms with Crippen LogP contribution in [0.3, 0.4) is 0 Å². The van der Waals surface area contributed by atoms with Crippen LogP contribution in [-0.4, -0.2) is 45.1 Å². The molecule has 4 heterocycles. The lowest BCUT2D eigenvalue weighted by molar-refractivity contribution is -0.158. The fourth-order valence-corrected chi connectivity index (χ4v) is 4.44. The fraction of sp³-hybridized carbons (Fsp3) is 0.348. The number of nitrogens with zero attached hydrogens (tertiary/aromatic N) is 4. The van der Waals surface area contributed by atoms with E-state index in [9.17, 15) is 27.6 Å². The summed E-state index contributed by atoms with van der Waals surface area (Å²) < 4.78 is 41.8. The van der Waals surface area contributed by atoms with Gasteiger partial charge < -0.3 is 5.32 Å². The number of hydrogen-bond acceptors (Lipinski definition) is 5. The maximum atomic E-state index is 13.5. The number of halogens is 4. The molecule has 1 saturated carbocycles. The molecule has 1 unspecified atom stereocenters. The summed E-state index contributed by atoms with van der Waals surface area (Å²) in [5.74, 6) is -1.54. The molecule has 35 heavy (non-hydrogen) atoms. The molecule has 1 atom stereocenters. The normalized spacial score (nSPS) is 17.1. The molecule has 0 radical (unpaired) electrons. The number of carbonyl (C=O) groups excluding carboxylic acids is 2. The summed E-state index contributed by atoms with van der Waals surface area (Å²) in [6.45, 7) is 0.465. The quantitative estimate of drug-likeness (QED) is 0.571. The zero-order chi connectivity index (χ0) is 24.9. The number of pyridine rings is 3. The molecule has 1 saturated heterocycles. The lowest BCUT2D eigenvalue weighted by Gasteiger charge is -2.22. The number of alkyl halides is 3. The third-order valence-electron chi connectivity index (χ3n) is 6.13. The Morgan fingerprint density at radius 3 is 2.60 bits per heavy atom. The Morgan fingerprint density at radius 1 is 1.20 bits per heavy atom. The van der Waals surface area contributed by atoms with Gasteiger partial charge in [0.15, 0.2) is 11.5 Å². The van der Waals surface area contributed by atoms with E-state index in [4.69, 9.17) is 11.6 Å². The third kappa shape index (κ3) is 4.36. The highest BCUT2D eigenvalue weighted by Gasteiger charge is 2.49. The van der Waals surface area contributed by atoms with Crippen LogP contribution in [0.5, 0.6) is 0 Å². The molecular formula is C23H19ClF3N5O3. The lowest BCUT2D eigenvalue weighted by Crippen LogP contribution is -2.48. The molecule has 1 aliphatic carbocycles. The summed E-state index contributed by atoms with van der Waals surface area (Å²) in [5.41, 5.74) is -1.22. The highest BCUT2D eigenvalue weighted by Crippen LogP contribution is 2.40. The Bertz CT molecular complexity index is 1400. The summed E-state index contributed by atoms with van der Waals surface area (Å²) in [7, 11) is 0. The van der Waals surface area contributed by atoms with Gasteiger partial charge in [-0.25, -0.2) is 9.97 Å². The van der Waals surface area contributed by atoms with E-state index in [-0.39, 0.29) is 27.8 Å². The van der Waals surface area contributed by atoms with Crippen LogP contribution in [0.2, 0.25) is 5.02 Å². The van der Waals surface area contributed by atoms with E-state index < -0.39 is 35.0 Å². The zero-order valence-corrected chi connectivity index (χ0v) is 18.9. The van der Waals surface area contributed by atoms with Crippen LogP contribution in [0, 0.1) is 5.92 Å². The molecule has 0 spiro atoms. The first kappa shape index (κ1) is 23.3. The molecule has 3 aromatic rings. The molecule has 1 aliphatic heterocycles. The minimum atomic E-state index is -4.64. The second-order valence-corrected chi connectivity index (χ2v) is 8.98. The van der Waals surface area contributed by atoms with E-state index >= 15 is 0 Å². The highest BCUT2D eigenvalue weighted by molar-refractivity contribution is 6.32. The first-order chi connectivity index (χ1) is 16.6. The van der Waals surface area contributed by atoms with Crippen molar-refractivity contribution in [2.45, 2.75) is 37.9 Å². The van der Waals surface area contributed by atoms with E-state index in [1.54, 1.807) is 6.07 Å². The monoisotopic (exact) mass is 505 g/mol. The van der Waals surface area contributed by atoms with Crippen LogP contribution in [-0.2, 0) is 4.79 Å². The molecular weight excluding hydrogens is 487 g/mol. The summed E-state index contributed by atoms with van der Waals surface area (Å²) in [6, 6.07) is 3.95. The van der Waals surface area contributed by atoms with Crippen LogP contribution in [0.1, 0.15) is 36.0 Å². The largest absolute Gasteiger partial charge is 0.408 e. The predicted octanol–water partition coefficient (Wildman–Crippen LogP) is 3.63. The Balaban J connectivity index is 1.66. The number of anilines is 1. The first-order valence-electron chi connectivity index (χ1n) is 11.0. The van der Waals surface area contributed by atoms with Crippen LogP contribution in [0.4, 0.5) is 19.0 Å². The van der Waals surface area contributed by atoms with Crippen molar-refractivity contribution in [3.8, 4) is 5.82 Å². The average molecular weight is 506 g/mol. The van der Waals surface area contributed by atoms with Crippen molar-refractivity contribution in [3.63, 3.8) is 0 Å². The number of carbonyl (C=O) groups is 2. The molecule has 2 fully saturated rings. The second-order valence-electron chi connectivity index (χ2n) is 8.57. The van der Waals surface area contributed by atoms with E-state index in [0.717, 1.165) is 6.20 Å². The van der Waals surface area contributed by atoms with Gasteiger partial charge in [-0.2, -0.15) is 13.2 Å². The lowest BCUT2D eigenvalue weighted by atomic mass is 10.1. The Kier molecular flexibility index (Phi) is 5.74. The smallest absolute Gasteiger partial charge is 0.340 e. The van der Waals surface area contributed by atoms with Gasteiger partial charge in [0.05, 0.1) is 10.4 Å². The summed E-state index contributed by atoms with van der Waals surface area (Å²) in [6.07, 6.45) is -0.384. The summed E-state index contributed by atoms with van der Waals surface area (Å²) >= 11 is 6.31. The summed E-state index contributed by atoms with van der Waals surface area (Å²) in [5, 5.41) is 2.13. The van der Waals surface area contributed by atoms with E-state index in [1.807, 2.05) is 5.32 Å². The second kappa shape index (κ2) is 8.63. The average Bonchev–Trinajstić information content (AvgIpc) is 3.56. The molecule has 0 bridgehead atoms. The molecule has 3 aromatic heterocycles. The maximum absolute atomic E-state index is 13.5. The van der Waals surface area contributed by atoms with E-state index in [2.05, 4.69) is 9.97 Å². The first-order valence-corrected chi connectivity index (χ1v) is 11.4. The van der Waals surface area contributed by atoms with Gasteiger partial charge in [0, 0.05) is 25.4 Å². The van der Waals surface area contributed by atoms with Crippen molar-refractivity contribution < 1.29 is 22.8 Å². The molecule has 2 amide bonds. The van der Waals surface area contributed by atoms with Crippen molar-refractivity contribution in [2.24, 2.45) is 5.92 Å². The molecule has 2 aliphatic rings. The van der Waals surface area contributed by atoms with Gasteiger partial charge in [-0.05, 0) is 49.4 Å². The molecule has 0 aromatic carbocycles. The van der Waals surface area contributed by atoms with Gasteiger partial charge in [-0.15, -0.1) is 0 Å². The number of aromatic nitrogens is 3. The van der Waals surface area contributed by atoms with Crippen LogP contribution in [0.15, 0.2) is 41.5 Å². The standard InChI is InChI=1S/C23H19ClF3N5O3/c24-15-3-1-9-28-21(15)32-11-14(22(35)30-19(12-5-6-12)23(25,26)27)18(34)13-7-8-16(29-20(13)32)31-10-2-4-17(31)33/h1,3,7-9,11-12,19H,2,4-6,10H2,(H,30,35). The van der Waals surface area contributed by atoms with Crippen LogP contribution >= 0.6 is 11.6 Å². The van der Waals surface area contributed by atoms with Gasteiger partial charge in [0.1, 0.15) is 17.4 Å². The third-order valence-corrected chi connectivity index (χ3v) is 6.43. The van der Waals surface area contributed by atoms with Gasteiger partial charge in [-0.1, -0.05) is 11.6 Å². The minimum Gasteiger partial charge on any atom is -0.340 e. The Hall–Kier alpha value is -3.47. The summed E-state index contributed by atoms with van der Waals surface area (Å²) in [4.78, 5) is 48.5. The van der Waals surface area contributed by atoms with Crippen LogP contribution < -0.4 is 15.6 Å². The number of rotatable bonds is 5. The Labute approximate surface area is 201 Å². The number of fused-ring (bicyclic) bond motifs is 1. The molecule has 5 rings (SSSR count). The van der Waals surface area contributed by atoms with Crippen molar-refractivity contribution in [1.82, 2.24) is 19.9 Å². The van der Waals surface area contributed by atoms with Crippen molar-refractivity contribution in [2.75, 3.05) is 11.4 Å². The van der Waals surface area contributed by atoms with Gasteiger partial charge in [0.2, 0.25) is 11.3 Å². The van der Waals surface area contributed by atoms with Crippen molar-refractivity contribution in [3.05, 3.63) is 57.5 Å². The molecule has 12 heteroatoms. The number of nitrogens with one attached hydrogen (secondary N) is 1. The van der Waals surface area contributed by atoms with Crippen molar-refractivity contribution >= 4 is 40.3 Å². The fourth-order valence-electron chi connectivity index (χ4n) is 4.23.